The van der Waals surface area contributed by atoms with E-state index in [1.54, 1.807) is 0 Å². The van der Waals surface area contributed by atoms with E-state index < -0.39 is 0 Å². The second-order valence-corrected chi connectivity index (χ2v) is 6.86. The smallest absolute Gasteiger partial charge is 0.134 e. The lowest BCUT2D eigenvalue weighted by atomic mass is 9.87. The van der Waals surface area contributed by atoms with Crippen molar-refractivity contribution >= 4 is 11.0 Å². The second kappa shape index (κ2) is 3.63. The van der Waals surface area contributed by atoms with Crippen molar-refractivity contribution in [2.24, 2.45) is 0 Å². The molecule has 1 heteroatoms. The minimum absolute atomic E-state index is 0.0704. The minimum Gasteiger partial charge on any atom is -0.461 e. The first-order valence-corrected chi connectivity index (χ1v) is 6.22. The van der Waals surface area contributed by atoms with Gasteiger partial charge in [-0.3, -0.25) is 0 Å². The molecule has 0 aliphatic rings. The molecule has 0 spiro atoms. The Hall–Kier alpha value is -1.24. The molecule has 0 bridgehead atoms. The molecule has 0 unspecified atom stereocenters. The minimum atomic E-state index is 0.0704. The van der Waals surface area contributed by atoms with Gasteiger partial charge in [-0.1, -0.05) is 53.7 Å². The molecule has 1 nitrogen and oxygen atoms in total. The van der Waals surface area contributed by atoms with Crippen LogP contribution in [0.4, 0.5) is 0 Å². The summed E-state index contributed by atoms with van der Waals surface area (Å²) in [5, 5.41) is 1.20. The third-order valence-corrected chi connectivity index (χ3v) is 3.13. The summed E-state index contributed by atoms with van der Waals surface area (Å²) in [6, 6.07) is 8.69. The van der Waals surface area contributed by atoms with Gasteiger partial charge in [0, 0.05) is 10.8 Å². The van der Waals surface area contributed by atoms with Crippen LogP contribution in [0, 0.1) is 0 Å². The van der Waals surface area contributed by atoms with E-state index >= 15 is 0 Å². The Morgan fingerprint density at radius 3 is 2.00 bits per heavy atom. The van der Waals surface area contributed by atoms with E-state index in [9.17, 15) is 0 Å². The number of furan rings is 1. The van der Waals surface area contributed by atoms with Gasteiger partial charge in [0.1, 0.15) is 11.3 Å². The summed E-state index contributed by atoms with van der Waals surface area (Å²) in [7, 11) is 0. The molecule has 0 amide bonds. The molecular weight excluding hydrogens is 208 g/mol. The van der Waals surface area contributed by atoms with Crippen LogP contribution in [0.1, 0.15) is 52.9 Å². The topological polar surface area (TPSA) is 13.1 Å². The van der Waals surface area contributed by atoms with Crippen LogP contribution in [-0.2, 0) is 10.8 Å². The first kappa shape index (κ1) is 12.2. The summed E-state index contributed by atoms with van der Waals surface area (Å²) in [6.45, 7) is 13.2. The summed E-state index contributed by atoms with van der Waals surface area (Å²) in [5.74, 6) is 1.05. The molecule has 0 N–H and O–H groups in total. The van der Waals surface area contributed by atoms with Crippen LogP contribution >= 0.6 is 0 Å². The Bertz CT molecular complexity index is 521. The largest absolute Gasteiger partial charge is 0.461 e. The number of hydrogen-bond donors (Lipinski definition) is 0. The molecule has 0 atom stereocenters. The van der Waals surface area contributed by atoms with Gasteiger partial charge in [0.15, 0.2) is 0 Å². The van der Waals surface area contributed by atoms with Crippen molar-refractivity contribution < 1.29 is 4.42 Å². The Morgan fingerprint density at radius 2 is 1.47 bits per heavy atom. The maximum atomic E-state index is 5.97. The monoisotopic (exact) mass is 230 g/mol. The predicted molar refractivity (Wildman–Crippen MR) is 73.6 cm³/mol. The van der Waals surface area contributed by atoms with Crippen LogP contribution in [0.3, 0.4) is 0 Å². The highest BCUT2D eigenvalue weighted by Crippen LogP contribution is 2.32. The van der Waals surface area contributed by atoms with Crippen molar-refractivity contribution in [3.63, 3.8) is 0 Å². The Morgan fingerprint density at radius 1 is 0.824 bits per heavy atom. The lowest BCUT2D eigenvalue weighted by Gasteiger charge is -2.18. The zero-order valence-corrected chi connectivity index (χ0v) is 11.7. The normalized spacial score (nSPS) is 13.3. The van der Waals surface area contributed by atoms with Crippen molar-refractivity contribution in [2.45, 2.75) is 52.4 Å². The van der Waals surface area contributed by atoms with E-state index in [1.165, 1.54) is 10.9 Å². The van der Waals surface area contributed by atoms with Crippen LogP contribution < -0.4 is 0 Å². The first-order valence-electron chi connectivity index (χ1n) is 6.22. The average Bonchev–Trinajstić information content (AvgIpc) is 2.57. The molecule has 0 radical (unpaired) electrons. The van der Waals surface area contributed by atoms with Gasteiger partial charge in [-0.05, 0) is 23.1 Å². The van der Waals surface area contributed by atoms with E-state index in [4.69, 9.17) is 4.42 Å². The molecule has 17 heavy (non-hydrogen) atoms. The molecule has 2 rings (SSSR count). The zero-order chi connectivity index (χ0) is 12.8. The van der Waals surface area contributed by atoms with Gasteiger partial charge < -0.3 is 4.42 Å². The molecule has 0 saturated carbocycles. The quantitative estimate of drug-likeness (QED) is 0.618. The Labute approximate surface area is 104 Å². The lowest BCUT2D eigenvalue weighted by Crippen LogP contribution is -2.10. The van der Waals surface area contributed by atoms with E-state index in [0.717, 1.165) is 11.3 Å². The number of benzene rings is 1. The van der Waals surface area contributed by atoms with Crippen molar-refractivity contribution in [3.8, 4) is 0 Å². The Kier molecular flexibility index (Phi) is 2.61. The molecule has 0 aliphatic carbocycles. The molecule has 1 aromatic heterocycles. The highest BCUT2D eigenvalue weighted by atomic mass is 16.3. The standard InChI is InChI=1S/C16H22O/c1-15(2,3)12-8-7-11-9-14(16(4,5)6)17-13(11)10-12/h7-10H,1-6H3. The fourth-order valence-electron chi connectivity index (χ4n) is 1.87. The number of fused-ring (bicyclic) bond motifs is 1. The van der Waals surface area contributed by atoms with E-state index in [0.29, 0.717) is 0 Å². The van der Waals surface area contributed by atoms with Crippen molar-refractivity contribution in [3.05, 3.63) is 35.6 Å². The molecular formula is C16H22O. The van der Waals surface area contributed by atoms with Gasteiger partial charge >= 0.3 is 0 Å². The highest BCUT2D eigenvalue weighted by molar-refractivity contribution is 5.79. The van der Waals surface area contributed by atoms with Gasteiger partial charge in [0.25, 0.3) is 0 Å². The molecule has 2 aromatic rings. The fraction of sp³-hybridized carbons (Fsp3) is 0.500. The molecule has 92 valence electrons. The maximum Gasteiger partial charge on any atom is 0.134 e. The van der Waals surface area contributed by atoms with Gasteiger partial charge in [-0.2, -0.15) is 0 Å². The van der Waals surface area contributed by atoms with Gasteiger partial charge in [0.2, 0.25) is 0 Å². The lowest BCUT2D eigenvalue weighted by molar-refractivity contribution is 0.429. The van der Waals surface area contributed by atoms with Gasteiger partial charge in [-0.25, -0.2) is 0 Å². The summed E-state index contributed by atoms with van der Waals surface area (Å²) < 4.78 is 5.97. The molecule has 1 heterocycles. The summed E-state index contributed by atoms with van der Waals surface area (Å²) in [4.78, 5) is 0. The van der Waals surface area contributed by atoms with Crippen LogP contribution in [0.2, 0.25) is 0 Å². The van der Waals surface area contributed by atoms with Crippen LogP contribution in [0.15, 0.2) is 28.7 Å². The molecule has 0 saturated heterocycles. The first-order chi connectivity index (χ1) is 7.68. The SMILES string of the molecule is CC(C)(C)c1ccc2cc(C(C)(C)C)oc2c1. The second-order valence-electron chi connectivity index (χ2n) is 6.86. The third kappa shape index (κ3) is 2.38. The zero-order valence-electron chi connectivity index (χ0n) is 11.7. The molecule has 0 fully saturated rings. The molecule has 0 aliphatic heterocycles. The van der Waals surface area contributed by atoms with Gasteiger partial charge in [-0.15, -0.1) is 0 Å². The van der Waals surface area contributed by atoms with Crippen molar-refractivity contribution in [1.82, 2.24) is 0 Å². The molecule has 1 aromatic carbocycles. The van der Waals surface area contributed by atoms with E-state index in [2.05, 4.69) is 65.8 Å². The number of hydrogen-bond acceptors (Lipinski definition) is 1. The van der Waals surface area contributed by atoms with E-state index in [1.807, 2.05) is 0 Å². The highest BCUT2D eigenvalue weighted by Gasteiger charge is 2.20. The van der Waals surface area contributed by atoms with Crippen LogP contribution in [0.5, 0.6) is 0 Å². The summed E-state index contributed by atoms with van der Waals surface area (Å²) in [6.07, 6.45) is 0. The fourth-order valence-corrected chi connectivity index (χ4v) is 1.87. The average molecular weight is 230 g/mol. The van der Waals surface area contributed by atoms with Crippen molar-refractivity contribution in [2.75, 3.05) is 0 Å². The van der Waals surface area contributed by atoms with E-state index in [-0.39, 0.29) is 10.8 Å². The third-order valence-electron chi connectivity index (χ3n) is 3.13. The van der Waals surface area contributed by atoms with Crippen molar-refractivity contribution in [1.29, 1.82) is 0 Å². The summed E-state index contributed by atoms with van der Waals surface area (Å²) in [5.41, 5.74) is 2.56. The Balaban J connectivity index is 2.56. The summed E-state index contributed by atoms with van der Waals surface area (Å²) >= 11 is 0. The number of rotatable bonds is 0. The van der Waals surface area contributed by atoms with Crippen LogP contribution in [0.25, 0.3) is 11.0 Å². The van der Waals surface area contributed by atoms with Gasteiger partial charge in [0.05, 0.1) is 0 Å². The maximum absolute atomic E-state index is 5.97. The predicted octanol–water partition coefficient (Wildman–Crippen LogP) is 5.03. The van der Waals surface area contributed by atoms with Crippen LogP contribution in [-0.4, -0.2) is 0 Å².